The fourth-order valence-corrected chi connectivity index (χ4v) is 3.64. The van der Waals surface area contributed by atoms with Crippen LogP contribution < -0.4 is 9.46 Å². The van der Waals surface area contributed by atoms with Gasteiger partial charge in [-0.1, -0.05) is 0 Å². The van der Waals surface area contributed by atoms with Crippen LogP contribution in [-0.2, 0) is 10.0 Å². The first-order valence-corrected chi connectivity index (χ1v) is 9.03. The van der Waals surface area contributed by atoms with Gasteiger partial charge in [-0.25, -0.2) is 18.1 Å². The van der Waals surface area contributed by atoms with Crippen LogP contribution in [0.15, 0.2) is 38.5 Å². The van der Waals surface area contributed by atoms with Gasteiger partial charge in [-0.3, -0.25) is 4.79 Å². The summed E-state index contributed by atoms with van der Waals surface area (Å²) < 4.78 is 32.1. The van der Waals surface area contributed by atoms with Crippen LogP contribution in [0.3, 0.4) is 0 Å². The molecule has 1 amide bonds. The molecule has 0 atom stereocenters. The van der Waals surface area contributed by atoms with Crippen molar-refractivity contribution in [3.8, 4) is 5.75 Å². The minimum atomic E-state index is -3.96. The van der Waals surface area contributed by atoms with Crippen molar-refractivity contribution in [1.29, 1.82) is 0 Å². The molecule has 1 aromatic heterocycles. The van der Waals surface area contributed by atoms with Crippen LogP contribution >= 0.6 is 27.3 Å². The maximum absolute atomic E-state index is 12.1. The maximum Gasteiger partial charge on any atom is 0.284 e. The van der Waals surface area contributed by atoms with Crippen LogP contribution in [0.1, 0.15) is 17.4 Å². The molecule has 0 aliphatic rings. The van der Waals surface area contributed by atoms with Crippen molar-refractivity contribution in [2.75, 3.05) is 6.61 Å². The molecule has 0 aliphatic carbocycles. The molecule has 0 unspecified atom stereocenters. The Morgan fingerprint density at radius 3 is 2.81 bits per heavy atom. The molecule has 2 rings (SSSR count). The number of hydrogen-bond donors (Lipinski definition) is 1. The van der Waals surface area contributed by atoms with Gasteiger partial charge in [-0.05, 0) is 41.1 Å². The summed E-state index contributed by atoms with van der Waals surface area (Å²) in [6, 6.07) is 4.27. The van der Waals surface area contributed by atoms with E-state index in [4.69, 9.17) is 4.74 Å². The largest absolute Gasteiger partial charge is 0.493 e. The molecule has 0 aliphatic heterocycles. The first-order chi connectivity index (χ1) is 9.94. The third-order valence-corrected chi connectivity index (χ3v) is 4.94. The standard InChI is InChI=1S/C12H11BrN2O4S2/c1-2-19-11-4-3-8(5-9(11)13)21(17,18)15-12(16)10-6-20-7-14-10/h3-7H,2H2,1H3,(H,15,16). The summed E-state index contributed by atoms with van der Waals surface area (Å²) in [5.41, 5.74) is 1.52. The molecule has 21 heavy (non-hydrogen) atoms. The van der Waals surface area contributed by atoms with Crippen molar-refractivity contribution in [1.82, 2.24) is 9.71 Å². The number of carbonyl (C=O) groups excluding carboxylic acids is 1. The number of benzene rings is 1. The van der Waals surface area contributed by atoms with Gasteiger partial charge in [-0.15, -0.1) is 11.3 Å². The Labute approximate surface area is 134 Å². The number of amides is 1. The van der Waals surface area contributed by atoms with Crippen molar-refractivity contribution < 1.29 is 17.9 Å². The number of hydrogen-bond acceptors (Lipinski definition) is 6. The average Bonchev–Trinajstić information content (AvgIpc) is 2.95. The van der Waals surface area contributed by atoms with E-state index in [0.717, 1.165) is 0 Å². The molecular weight excluding hydrogens is 380 g/mol. The van der Waals surface area contributed by atoms with Crippen molar-refractivity contribution in [3.05, 3.63) is 39.3 Å². The van der Waals surface area contributed by atoms with Crippen molar-refractivity contribution >= 4 is 43.2 Å². The lowest BCUT2D eigenvalue weighted by Gasteiger charge is -2.09. The summed E-state index contributed by atoms with van der Waals surface area (Å²) in [5, 5.41) is 1.47. The van der Waals surface area contributed by atoms with Crippen LogP contribution in [0.2, 0.25) is 0 Å². The zero-order valence-corrected chi connectivity index (χ0v) is 14.1. The molecule has 9 heteroatoms. The monoisotopic (exact) mass is 390 g/mol. The predicted octanol–water partition coefficient (Wildman–Crippen LogP) is 2.42. The third-order valence-electron chi connectivity index (χ3n) is 2.41. The Kier molecular flexibility index (Phi) is 4.96. The van der Waals surface area contributed by atoms with E-state index in [1.54, 1.807) is 0 Å². The summed E-state index contributed by atoms with van der Waals surface area (Å²) >= 11 is 4.44. The molecule has 1 N–H and O–H groups in total. The summed E-state index contributed by atoms with van der Waals surface area (Å²) in [4.78, 5) is 15.5. The molecule has 0 saturated carbocycles. The van der Waals surface area contributed by atoms with Crippen LogP contribution in [-0.4, -0.2) is 25.9 Å². The second-order valence-corrected chi connectivity index (χ2v) is 7.09. The van der Waals surface area contributed by atoms with E-state index in [1.165, 1.54) is 40.4 Å². The number of rotatable bonds is 5. The summed E-state index contributed by atoms with van der Waals surface area (Å²) in [5.74, 6) is -0.233. The molecule has 1 aromatic carbocycles. The van der Waals surface area contributed by atoms with Gasteiger partial charge in [0, 0.05) is 5.38 Å². The van der Waals surface area contributed by atoms with Gasteiger partial charge in [-0.2, -0.15) is 0 Å². The lowest BCUT2D eigenvalue weighted by Crippen LogP contribution is -2.30. The van der Waals surface area contributed by atoms with Crippen molar-refractivity contribution in [3.63, 3.8) is 0 Å². The number of sulfonamides is 1. The molecule has 0 fully saturated rings. The van der Waals surface area contributed by atoms with Gasteiger partial charge >= 0.3 is 0 Å². The number of carbonyl (C=O) groups is 1. The number of halogens is 1. The van der Waals surface area contributed by atoms with E-state index in [2.05, 4.69) is 20.9 Å². The van der Waals surface area contributed by atoms with E-state index < -0.39 is 15.9 Å². The van der Waals surface area contributed by atoms with Gasteiger partial charge in [0.15, 0.2) is 0 Å². The molecule has 0 bridgehead atoms. The van der Waals surface area contributed by atoms with Gasteiger partial charge in [0.05, 0.1) is 21.5 Å². The zero-order valence-electron chi connectivity index (χ0n) is 10.9. The molecular formula is C12H11BrN2O4S2. The Hall–Kier alpha value is -1.45. The topological polar surface area (TPSA) is 85.4 Å². The molecule has 2 aromatic rings. The summed E-state index contributed by atoms with van der Waals surface area (Å²) in [6.07, 6.45) is 0. The normalized spacial score (nSPS) is 11.1. The maximum atomic E-state index is 12.1. The molecule has 0 radical (unpaired) electrons. The van der Waals surface area contributed by atoms with Crippen LogP contribution in [0, 0.1) is 0 Å². The van der Waals surface area contributed by atoms with Crippen LogP contribution in [0.5, 0.6) is 5.75 Å². The Balaban J connectivity index is 2.23. The number of aromatic nitrogens is 1. The van der Waals surface area contributed by atoms with Crippen molar-refractivity contribution in [2.45, 2.75) is 11.8 Å². The highest BCUT2D eigenvalue weighted by atomic mass is 79.9. The number of thiazole rings is 1. The van der Waals surface area contributed by atoms with Crippen LogP contribution in [0.4, 0.5) is 0 Å². The van der Waals surface area contributed by atoms with E-state index in [1.807, 2.05) is 11.6 Å². The van der Waals surface area contributed by atoms with E-state index in [0.29, 0.717) is 16.8 Å². The quantitative estimate of drug-likeness (QED) is 0.846. The fraction of sp³-hybridized carbons (Fsp3) is 0.167. The van der Waals surface area contributed by atoms with Crippen molar-refractivity contribution in [2.24, 2.45) is 0 Å². The highest BCUT2D eigenvalue weighted by Crippen LogP contribution is 2.27. The second-order valence-electron chi connectivity index (χ2n) is 3.83. The highest BCUT2D eigenvalue weighted by molar-refractivity contribution is 9.10. The molecule has 112 valence electrons. The minimum Gasteiger partial charge on any atom is -0.493 e. The smallest absolute Gasteiger partial charge is 0.284 e. The van der Waals surface area contributed by atoms with E-state index in [-0.39, 0.29) is 10.6 Å². The molecule has 0 saturated heterocycles. The van der Waals surface area contributed by atoms with Crippen LogP contribution in [0.25, 0.3) is 0 Å². The second kappa shape index (κ2) is 6.54. The Bertz CT molecular complexity index is 745. The highest BCUT2D eigenvalue weighted by Gasteiger charge is 2.20. The number of nitrogens with one attached hydrogen (secondary N) is 1. The molecule has 0 spiro atoms. The van der Waals surface area contributed by atoms with Gasteiger partial charge in [0.1, 0.15) is 11.4 Å². The molecule has 6 nitrogen and oxygen atoms in total. The number of nitrogens with zero attached hydrogens (tertiary/aromatic N) is 1. The Morgan fingerprint density at radius 2 is 2.24 bits per heavy atom. The first kappa shape index (κ1) is 15.9. The predicted molar refractivity (Wildman–Crippen MR) is 82.1 cm³/mol. The SMILES string of the molecule is CCOc1ccc(S(=O)(=O)NC(=O)c2cscn2)cc1Br. The fourth-order valence-electron chi connectivity index (χ4n) is 1.48. The Morgan fingerprint density at radius 1 is 1.48 bits per heavy atom. The van der Waals surface area contributed by atoms with E-state index >= 15 is 0 Å². The summed E-state index contributed by atoms with van der Waals surface area (Å²) in [6.45, 7) is 2.29. The van der Waals surface area contributed by atoms with Gasteiger partial charge in [0.2, 0.25) is 0 Å². The number of ether oxygens (including phenoxy) is 1. The summed E-state index contributed by atoms with van der Waals surface area (Å²) in [7, 11) is -3.96. The molecule has 1 heterocycles. The zero-order chi connectivity index (χ0) is 15.5. The lowest BCUT2D eigenvalue weighted by atomic mass is 10.3. The van der Waals surface area contributed by atoms with Gasteiger partial charge < -0.3 is 4.74 Å². The average molecular weight is 391 g/mol. The van der Waals surface area contributed by atoms with Gasteiger partial charge in [0.25, 0.3) is 15.9 Å². The third kappa shape index (κ3) is 3.80. The first-order valence-electron chi connectivity index (χ1n) is 5.81. The lowest BCUT2D eigenvalue weighted by molar-refractivity contribution is 0.0977. The van der Waals surface area contributed by atoms with E-state index in [9.17, 15) is 13.2 Å². The minimum absolute atomic E-state index is 0.0404.